The molecule has 1 saturated heterocycles. The van der Waals surface area contributed by atoms with Crippen LogP contribution in [0.2, 0.25) is 0 Å². The molecule has 5 heteroatoms. The first-order valence-corrected chi connectivity index (χ1v) is 12.6. The van der Waals surface area contributed by atoms with Gasteiger partial charge in [0.25, 0.3) is 0 Å². The van der Waals surface area contributed by atoms with Crippen molar-refractivity contribution in [3.63, 3.8) is 0 Å². The van der Waals surface area contributed by atoms with Gasteiger partial charge in [-0.15, -0.1) is 0 Å². The fourth-order valence-electron chi connectivity index (χ4n) is 4.31. The summed E-state index contributed by atoms with van der Waals surface area (Å²) in [4.78, 5) is 26.9. The molecule has 0 aliphatic carbocycles. The highest BCUT2D eigenvalue weighted by molar-refractivity contribution is 5.97. The fourth-order valence-corrected chi connectivity index (χ4v) is 4.31. The fraction of sp³-hybridized carbons (Fsp3) is 0.517. The second-order valence-electron chi connectivity index (χ2n) is 10.5. The Labute approximate surface area is 204 Å². The van der Waals surface area contributed by atoms with Crippen LogP contribution in [0.4, 0.5) is 0 Å². The molecule has 1 heterocycles. The molecule has 2 aromatic carbocycles. The Kier molecular flexibility index (Phi) is 8.90. The first-order chi connectivity index (χ1) is 16.1. The van der Waals surface area contributed by atoms with Crippen molar-refractivity contribution in [2.45, 2.75) is 71.9 Å². The van der Waals surface area contributed by atoms with Crippen molar-refractivity contribution in [3.8, 4) is 11.1 Å². The molecular weight excluding hydrogens is 424 g/mol. The number of esters is 1. The SMILES string of the molecule is C[C@@H](C(=O)NCCc1ccc(-c2ccc(CCN3CCC[C@H]3C)cc2)cc1)C(=O)OC(C)(C)C. The van der Waals surface area contributed by atoms with Gasteiger partial charge in [0, 0.05) is 19.1 Å². The molecule has 5 nitrogen and oxygen atoms in total. The van der Waals surface area contributed by atoms with E-state index in [-0.39, 0.29) is 5.91 Å². The summed E-state index contributed by atoms with van der Waals surface area (Å²) in [7, 11) is 0. The van der Waals surface area contributed by atoms with Crippen LogP contribution >= 0.6 is 0 Å². The van der Waals surface area contributed by atoms with E-state index in [1.165, 1.54) is 36.1 Å². The molecule has 2 aromatic rings. The topological polar surface area (TPSA) is 58.6 Å². The van der Waals surface area contributed by atoms with Crippen LogP contribution in [0.25, 0.3) is 11.1 Å². The lowest BCUT2D eigenvalue weighted by molar-refractivity contribution is -0.161. The Morgan fingerprint density at radius 1 is 1.00 bits per heavy atom. The van der Waals surface area contributed by atoms with Crippen LogP contribution in [0.15, 0.2) is 48.5 Å². The van der Waals surface area contributed by atoms with Gasteiger partial charge in [-0.05, 0) is 89.1 Å². The maximum absolute atomic E-state index is 12.2. The van der Waals surface area contributed by atoms with Crippen LogP contribution in [0, 0.1) is 5.92 Å². The van der Waals surface area contributed by atoms with Crippen LogP contribution in [0.1, 0.15) is 58.6 Å². The first-order valence-electron chi connectivity index (χ1n) is 12.6. The van der Waals surface area contributed by atoms with Gasteiger partial charge in [-0.25, -0.2) is 0 Å². The first kappa shape index (κ1) is 26.0. The molecule has 0 spiro atoms. The molecule has 0 unspecified atom stereocenters. The van der Waals surface area contributed by atoms with Crippen LogP contribution < -0.4 is 5.32 Å². The molecule has 0 bridgehead atoms. The minimum atomic E-state index is -0.816. The Balaban J connectivity index is 1.44. The smallest absolute Gasteiger partial charge is 0.318 e. The molecule has 1 amide bonds. The third-order valence-electron chi connectivity index (χ3n) is 6.49. The van der Waals surface area contributed by atoms with E-state index in [1.807, 2.05) is 0 Å². The zero-order valence-electron chi connectivity index (χ0n) is 21.4. The van der Waals surface area contributed by atoms with Gasteiger partial charge in [0.05, 0.1) is 0 Å². The second kappa shape index (κ2) is 11.7. The molecule has 1 fully saturated rings. The van der Waals surface area contributed by atoms with Crippen molar-refractivity contribution in [1.29, 1.82) is 0 Å². The largest absolute Gasteiger partial charge is 0.459 e. The van der Waals surface area contributed by atoms with E-state index < -0.39 is 17.5 Å². The molecule has 184 valence electrons. The summed E-state index contributed by atoms with van der Waals surface area (Å²) in [5.41, 5.74) is 4.33. The molecule has 1 aliphatic rings. The third-order valence-corrected chi connectivity index (χ3v) is 6.49. The number of carbonyl (C=O) groups is 2. The summed E-state index contributed by atoms with van der Waals surface area (Å²) >= 11 is 0. The molecule has 0 aromatic heterocycles. The van der Waals surface area contributed by atoms with E-state index in [9.17, 15) is 9.59 Å². The van der Waals surface area contributed by atoms with Crippen molar-refractivity contribution < 1.29 is 14.3 Å². The lowest BCUT2D eigenvalue weighted by atomic mass is 10.0. The van der Waals surface area contributed by atoms with Crippen molar-refractivity contribution in [1.82, 2.24) is 10.2 Å². The number of nitrogens with zero attached hydrogens (tertiary/aromatic N) is 1. The zero-order valence-corrected chi connectivity index (χ0v) is 21.4. The highest BCUT2D eigenvalue weighted by Crippen LogP contribution is 2.22. The number of hydrogen-bond donors (Lipinski definition) is 1. The lowest BCUT2D eigenvalue weighted by Gasteiger charge is -2.21. The van der Waals surface area contributed by atoms with Crippen molar-refractivity contribution >= 4 is 11.9 Å². The van der Waals surface area contributed by atoms with Crippen LogP contribution in [0.5, 0.6) is 0 Å². The normalized spacial score (nSPS) is 17.4. The zero-order chi connectivity index (χ0) is 24.7. The van der Waals surface area contributed by atoms with Crippen LogP contribution in [0.3, 0.4) is 0 Å². The number of nitrogens with one attached hydrogen (secondary N) is 1. The van der Waals surface area contributed by atoms with Gasteiger partial charge < -0.3 is 15.0 Å². The number of amides is 1. The number of ether oxygens (including phenoxy) is 1. The Hall–Kier alpha value is -2.66. The van der Waals surface area contributed by atoms with Gasteiger partial charge in [0.2, 0.25) is 5.91 Å². The van der Waals surface area contributed by atoms with Crippen LogP contribution in [-0.2, 0) is 27.2 Å². The van der Waals surface area contributed by atoms with Crippen molar-refractivity contribution in [2.75, 3.05) is 19.6 Å². The molecule has 0 saturated carbocycles. The molecule has 1 aliphatic heterocycles. The predicted octanol–water partition coefficient (Wildman–Crippen LogP) is 5.02. The monoisotopic (exact) mass is 464 g/mol. The highest BCUT2D eigenvalue weighted by atomic mass is 16.6. The van der Waals surface area contributed by atoms with Gasteiger partial charge in [0.15, 0.2) is 0 Å². The molecule has 0 radical (unpaired) electrons. The predicted molar refractivity (Wildman–Crippen MR) is 138 cm³/mol. The molecule has 1 N–H and O–H groups in total. The molecular formula is C29H40N2O3. The standard InChI is InChI=1S/C29H40N2O3/c1-21-7-6-19-31(21)20-17-24-10-14-26(15-11-24)25-12-8-23(9-13-25)16-18-30-27(32)22(2)28(33)34-29(3,4)5/h8-15,21-22H,6-7,16-20H2,1-5H3,(H,30,32)/t21-,22+/m1/s1. The number of carbonyl (C=O) groups excluding carboxylic acids is 2. The van der Waals surface area contributed by atoms with Gasteiger partial charge in [-0.3, -0.25) is 9.59 Å². The maximum Gasteiger partial charge on any atom is 0.318 e. The average Bonchev–Trinajstić information content (AvgIpc) is 3.21. The number of hydrogen-bond acceptors (Lipinski definition) is 4. The van der Waals surface area contributed by atoms with Gasteiger partial charge in [0.1, 0.15) is 11.5 Å². The van der Waals surface area contributed by atoms with Crippen molar-refractivity contribution in [2.24, 2.45) is 5.92 Å². The minimum absolute atomic E-state index is 0.301. The maximum atomic E-state index is 12.2. The molecule has 3 rings (SSSR count). The molecule has 2 atom stereocenters. The summed E-state index contributed by atoms with van der Waals surface area (Å²) in [6.45, 7) is 12.2. The van der Waals surface area contributed by atoms with Gasteiger partial charge >= 0.3 is 5.97 Å². The summed E-state index contributed by atoms with van der Waals surface area (Å²) in [6.07, 6.45) is 4.46. The van der Waals surface area contributed by atoms with Gasteiger partial charge in [-0.1, -0.05) is 48.5 Å². The highest BCUT2D eigenvalue weighted by Gasteiger charge is 2.26. The number of benzene rings is 2. The Morgan fingerprint density at radius 2 is 1.56 bits per heavy atom. The van der Waals surface area contributed by atoms with E-state index in [1.54, 1.807) is 27.7 Å². The van der Waals surface area contributed by atoms with E-state index in [4.69, 9.17) is 4.74 Å². The Morgan fingerprint density at radius 3 is 2.06 bits per heavy atom. The van der Waals surface area contributed by atoms with Gasteiger partial charge in [-0.2, -0.15) is 0 Å². The average molecular weight is 465 g/mol. The third kappa shape index (κ3) is 7.69. The summed E-state index contributed by atoms with van der Waals surface area (Å²) in [6, 6.07) is 18.1. The van der Waals surface area contributed by atoms with E-state index in [0.29, 0.717) is 13.0 Å². The minimum Gasteiger partial charge on any atom is -0.459 e. The summed E-state index contributed by atoms with van der Waals surface area (Å²) < 4.78 is 5.29. The number of likely N-dealkylation sites (tertiary alicyclic amines) is 1. The summed E-state index contributed by atoms with van der Waals surface area (Å²) in [5.74, 6) is -1.61. The van der Waals surface area contributed by atoms with E-state index in [2.05, 4.69) is 65.7 Å². The van der Waals surface area contributed by atoms with Crippen molar-refractivity contribution in [3.05, 3.63) is 59.7 Å². The van der Waals surface area contributed by atoms with Crippen LogP contribution in [-0.4, -0.2) is 48.1 Å². The Bertz CT molecular complexity index is 945. The molecule has 34 heavy (non-hydrogen) atoms. The number of rotatable bonds is 9. The van der Waals surface area contributed by atoms with E-state index >= 15 is 0 Å². The lowest BCUT2D eigenvalue weighted by Crippen LogP contribution is -2.38. The summed E-state index contributed by atoms with van der Waals surface area (Å²) in [5, 5.41) is 2.84. The quantitative estimate of drug-likeness (QED) is 0.418. The second-order valence-corrected chi connectivity index (χ2v) is 10.5. The van der Waals surface area contributed by atoms with E-state index in [0.717, 1.165) is 24.6 Å².